The third-order valence-corrected chi connectivity index (χ3v) is 5.89. The zero-order valence-corrected chi connectivity index (χ0v) is 21.2. The molecule has 0 radical (unpaired) electrons. The van der Waals surface area contributed by atoms with Crippen molar-refractivity contribution in [2.45, 2.75) is 70.7 Å². The topological polar surface area (TPSA) is 176 Å². The van der Waals surface area contributed by atoms with E-state index in [4.69, 9.17) is 4.42 Å². The van der Waals surface area contributed by atoms with Crippen molar-refractivity contribution in [1.29, 1.82) is 0 Å². The largest absolute Gasteiger partial charge is 0.446 e. The molecule has 12 heteroatoms. The highest BCUT2D eigenvalue weighted by Gasteiger charge is 2.32. The minimum atomic E-state index is -1.30. The Labute approximate surface area is 215 Å². The van der Waals surface area contributed by atoms with E-state index in [2.05, 4.69) is 31.2 Å². The second kappa shape index (κ2) is 12.9. The molecule has 1 aliphatic heterocycles. The molecule has 3 rings (SSSR count). The summed E-state index contributed by atoms with van der Waals surface area (Å²) in [5.41, 5.74) is 0.368. The van der Waals surface area contributed by atoms with Gasteiger partial charge in [0.1, 0.15) is 24.4 Å². The third-order valence-electron chi connectivity index (χ3n) is 5.89. The minimum absolute atomic E-state index is 0.0899. The summed E-state index contributed by atoms with van der Waals surface area (Å²) in [5, 5.41) is 21.1. The molecule has 200 valence electrons. The predicted molar refractivity (Wildman–Crippen MR) is 132 cm³/mol. The number of oxazole rings is 1. The Kier molecular flexibility index (Phi) is 9.72. The van der Waals surface area contributed by atoms with Crippen LogP contribution >= 0.6 is 0 Å². The molecule has 2 aromatic heterocycles. The van der Waals surface area contributed by atoms with Crippen molar-refractivity contribution in [3.05, 3.63) is 47.9 Å². The number of aliphatic hydroxyl groups excluding tert-OH is 1. The number of nitrogens with one attached hydrogen (secondary N) is 4. The molecule has 0 aliphatic carbocycles. The highest BCUT2D eigenvalue weighted by Crippen LogP contribution is 2.21. The molecule has 0 spiro atoms. The van der Waals surface area contributed by atoms with Crippen LogP contribution in [0, 0.1) is 5.92 Å². The number of pyridine rings is 1. The van der Waals surface area contributed by atoms with E-state index in [0.717, 1.165) is 0 Å². The smallest absolute Gasteiger partial charge is 0.273 e. The van der Waals surface area contributed by atoms with Gasteiger partial charge in [-0.25, -0.2) is 4.98 Å². The third kappa shape index (κ3) is 7.84. The Morgan fingerprint density at radius 2 is 1.97 bits per heavy atom. The molecule has 4 atom stereocenters. The summed E-state index contributed by atoms with van der Waals surface area (Å²) in [6.07, 6.45) is 4.61. The number of carbonyl (C=O) groups is 4. The predicted octanol–water partition coefficient (Wildman–Crippen LogP) is 0.851. The van der Waals surface area contributed by atoms with Crippen LogP contribution in [0.3, 0.4) is 0 Å². The normalized spacial score (nSPS) is 22.5. The van der Waals surface area contributed by atoms with Crippen LogP contribution < -0.4 is 21.3 Å². The van der Waals surface area contributed by atoms with E-state index in [9.17, 15) is 24.3 Å². The average molecular weight is 515 g/mol. The molecule has 0 unspecified atom stereocenters. The van der Waals surface area contributed by atoms with Crippen molar-refractivity contribution in [3.8, 4) is 0 Å². The molecule has 0 fully saturated rings. The Bertz CT molecular complexity index is 1090. The minimum Gasteiger partial charge on any atom is -0.446 e. The number of carbonyl (C=O) groups excluding carboxylic acids is 4. The molecular weight excluding hydrogens is 480 g/mol. The molecule has 12 nitrogen and oxygen atoms in total. The monoisotopic (exact) mass is 514 g/mol. The van der Waals surface area contributed by atoms with Crippen molar-refractivity contribution >= 4 is 23.6 Å². The van der Waals surface area contributed by atoms with E-state index < -0.39 is 47.9 Å². The summed E-state index contributed by atoms with van der Waals surface area (Å²) in [4.78, 5) is 59.8. The van der Waals surface area contributed by atoms with Gasteiger partial charge in [-0.05, 0) is 50.7 Å². The maximum atomic E-state index is 13.2. The fourth-order valence-corrected chi connectivity index (χ4v) is 3.94. The molecular formula is C25H34N6O6. The van der Waals surface area contributed by atoms with Crippen LogP contribution in [0.25, 0.3) is 0 Å². The summed E-state index contributed by atoms with van der Waals surface area (Å²) in [6.45, 7) is 5.61. The maximum absolute atomic E-state index is 13.2. The molecule has 1 aliphatic rings. The van der Waals surface area contributed by atoms with Gasteiger partial charge in [0.2, 0.25) is 17.7 Å². The molecule has 0 saturated heterocycles. The van der Waals surface area contributed by atoms with Crippen LogP contribution in [0.4, 0.5) is 0 Å². The summed E-state index contributed by atoms with van der Waals surface area (Å²) in [7, 11) is 0. The van der Waals surface area contributed by atoms with Gasteiger partial charge >= 0.3 is 0 Å². The zero-order valence-electron chi connectivity index (χ0n) is 21.2. The first-order valence-electron chi connectivity index (χ1n) is 12.4. The van der Waals surface area contributed by atoms with E-state index >= 15 is 0 Å². The lowest BCUT2D eigenvalue weighted by Gasteiger charge is -2.27. The number of nitrogens with zero attached hydrogens (tertiary/aromatic N) is 2. The molecule has 37 heavy (non-hydrogen) atoms. The van der Waals surface area contributed by atoms with Gasteiger partial charge in [0, 0.05) is 18.9 Å². The number of fused-ring (bicyclic) bond motifs is 2. The fraction of sp³-hybridized carbons (Fsp3) is 0.520. The van der Waals surface area contributed by atoms with Gasteiger partial charge in [-0.1, -0.05) is 13.8 Å². The second-order valence-electron chi connectivity index (χ2n) is 9.51. The van der Waals surface area contributed by atoms with Gasteiger partial charge in [-0.15, -0.1) is 0 Å². The fourth-order valence-electron chi connectivity index (χ4n) is 3.94. The van der Waals surface area contributed by atoms with Crippen LogP contribution in [0.15, 0.2) is 35.2 Å². The van der Waals surface area contributed by atoms with Gasteiger partial charge < -0.3 is 30.8 Å². The lowest BCUT2D eigenvalue weighted by atomic mass is 10.0. The average Bonchev–Trinajstić information content (AvgIpc) is 3.35. The van der Waals surface area contributed by atoms with Gasteiger partial charge in [-0.2, -0.15) is 0 Å². The Morgan fingerprint density at radius 1 is 1.19 bits per heavy atom. The van der Waals surface area contributed by atoms with Crippen LogP contribution in [-0.2, 0) is 9.59 Å². The second-order valence-corrected chi connectivity index (χ2v) is 9.51. The SMILES string of the molecule is CC(C)C[C@@H]1NC(=O)[C@H]([C@@H](C)O)NC(=O)[C@@H](NC(=O)c2cccnc2)CCCCNC(=O)c2coc1n2. The van der Waals surface area contributed by atoms with Crippen LogP contribution in [0.2, 0.25) is 0 Å². The quantitative estimate of drug-likeness (QED) is 0.390. The van der Waals surface area contributed by atoms with Crippen molar-refractivity contribution in [3.63, 3.8) is 0 Å². The van der Waals surface area contributed by atoms with Gasteiger partial charge in [-0.3, -0.25) is 24.2 Å². The summed E-state index contributed by atoms with van der Waals surface area (Å²) >= 11 is 0. The molecule has 0 aromatic carbocycles. The van der Waals surface area contributed by atoms with E-state index in [1.165, 1.54) is 25.6 Å². The number of hydrogen-bond acceptors (Lipinski definition) is 8. The van der Waals surface area contributed by atoms with Crippen LogP contribution in [0.1, 0.15) is 79.2 Å². The Balaban J connectivity index is 1.86. The van der Waals surface area contributed by atoms with Crippen molar-refractivity contribution < 1.29 is 28.7 Å². The molecule has 0 saturated carbocycles. The number of amides is 4. The Morgan fingerprint density at radius 3 is 2.65 bits per heavy atom. The summed E-state index contributed by atoms with van der Waals surface area (Å²) < 4.78 is 5.50. The summed E-state index contributed by atoms with van der Waals surface area (Å²) in [5.74, 6) is -1.90. The molecule has 2 bridgehead atoms. The number of aromatic nitrogens is 2. The van der Waals surface area contributed by atoms with Crippen LogP contribution in [-0.4, -0.2) is 63.4 Å². The van der Waals surface area contributed by atoms with E-state index in [1.54, 1.807) is 12.1 Å². The maximum Gasteiger partial charge on any atom is 0.273 e. The highest BCUT2D eigenvalue weighted by atomic mass is 16.3. The lowest BCUT2D eigenvalue weighted by Crippen LogP contribution is -2.57. The standard InChI is InChI=1S/C25H34N6O6/c1-14(2)11-18-25-30-19(13-37-25)22(34)27-10-5-4-8-17(28-21(33)16-7-6-9-26-12-16)23(35)31-20(15(3)32)24(36)29-18/h6-7,9,12-15,17-18,20,32H,4-5,8,10-11H2,1-3H3,(H,27,34)(H,28,33)(H,29,36)(H,31,35)/t15-,17+,18+,20+/m1/s1. The van der Waals surface area contributed by atoms with E-state index in [-0.39, 0.29) is 29.5 Å². The molecule has 2 aromatic rings. The number of rotatable bonds is 5. The number of aliphatic hydroxyl groups is 1. The van der Waals surface area contributed by atoms with Crippen LogP contribution in [0.5, 0.6) is 0 Å². The molecule has 5 N–H and O–H groups in total. The first kappa shape index (κ1) is 27.8. The molecule has 3 heterocycles. The van der Waals surface area contributed by atoms with Gasteiger partial charge in [0.05, 0.1) is 11.7 Å². The van der Waals surface area contributed by atoms with E-state index in [1.807, 2.05) is 13.8 Å². The highest BCUT2D eigenvalue weighted by molar-refractivity contribution is 5.98. The zero-order chi connectivity index (χ0) is 26.9. The van der Waals surface area contributed by atoms with Gasteiger partial charge in [0.15, 0.2) is 5.69 Å². The van der Waals surface area contributed by atoms with Crippen molar-refractivity contribution in [2.75, 3.05) is 6.54 Å². The van der Waals surface area contributed by atoms with Crippen molar-refractivity contribution in [1.82, 2.24) is 31.2 Å². The first-order chi connectivity index (χ1) is 17.7. The molecule has 4 amide bonds. The van der Waals surface area contributed by atoms with Gasteiger partial charge in [0.25, 0.3) is 11.8 Å². The summed E-state index contributed by atoms with van der Waals surface area (Å²) in [6, 6.07) is 0.199. The number of hydrogen-bond donors (Lipinski definition) is 5. The van der Waals surface area contributed by atoms with E-state index in [0.29, 0.717) is 25.8 Å². The van der Waals surface area contributed by atoms with Crippen molar-refractivity contribution in [2.24, 2.45) is 5.92 Å². The lowest BCUT2D eigenvalue weighted by molar-refractivity contribution is -0.133. The first-order valence-corrected chi connectivity index (χ1v) is 12.4. The Hall–Kier alpha value is -3.80.